The van der Waals surface area contributed by atoms with Gasteiger partial charge in [0, 0.05) is 19.0 Å². The van der Waals surface area contributed by atoms with E-state index in [2.05, 4.69) is 21.1 Å². The van der Waals surface area contributed by atoms with E-state index in [1.807, 2.05) is 13.8 Å². The number of aryl methyl sites for hydroxylation is 2. The van der Waals surface area contributed by atoms with Crippen LogP contribution in [0.25, 0.3) is 5.69 Å². The van der Waals surface area contributed by atoms with Gasteiger partial charge in [0.15, 0.2) is 5.82 Å². The van der Waals surface area contributed by atoms with Crippen LogP contribution >= 0.6 is 0 Å². The molecular formula is C12H13N5. The van der Waals surface area contributed by atoms with Gasteiger partial charge < -0.3 is 0 Å². The van der Waals surface area contributed by atoms with Crippen molar-refractivity contribution in [3.63, 3.8) is 0 Å². The quantitative estimate of drug-likeness (QED) is 0.799. The molecule has 86 valence electrons. The topological polar surface area (TPSA) is 67.4 Å². The maximum Gasteiger partial charge on any atom is 0.151 e. The Morgan fingerprint density at radius 3 is 2.82 bits per heavy atom. The zero-order valence-corrected chi connectivity index (χ0v) is 9.88. The van der Waals surface area contributed by atoms with Crippen LogP contribution in [0.4, 0.5) is 0 Å². The maximum atomic E-state index is 9.07. The molecular weight excluding hydrogens is 214 g/mol. The largest absolute Gasteiger partial charge is 0.262 e. The highest BCUT2D eigenvalue weighted by molar-refractivity contribution is 5.46. The summed E-state index contributed by atoms with van der Waals surface area (Å²) >= 11 is 0. The van der Waals surface area contributed by atoms with Crippen LogP contribution < -0.4 is 0 Å². The monoisotopic (exact) mass is 227 g/mol. The molecule has 0 atom stereocenters. The van der Waals surface area contributed by atoms with Crippen LogP contribution in [0, 0.1) is 11.3 Å². The van der Waals surface area contributed by atoms with Gasteiger partial charge in [0.2, 0.25) is 0 Å². The van der Waals surface area contributed by atoms with Crippen molar-refractivity contribution in [1.29, 1.82) is 5.26 Å². The minimum absolute atomic E-state index is 0.558. The maximum absolute atomic E-state index is 9.07. The molecule has 0 bridgehead atoms. The third-order valence-corrected chi connectivity index (χ3v) is 2.50. The first-order chi connectivity index (χ1) is 8.30. The van der Waals surface area contributed by atoms with E-state index in [-0.39, 0.29) is 0 Å². The van der Waals surface area contributed by atoms with Gasteiger partial charge in [-0.1, -0.05) is 13.8 Å². The lowest BCUT2D eigenvalue weighted by molar-refractivity contribution is 0.785. The molecule has 0 N–H and O–H groups in total. The Hall–Kier alpha value is -2.22. The normalized spacial score (nSPS) is 10.2. The van der Waals surface area contributed by atoms with Crippen LogP contribution in [0.5, 0.6) is 0 Å². The Morgan fingerprint density at radius 2 is 2.18 bits per heavy atom. The number of aromatic nitrogens is 4. The summed E-state index contributed by atoms with van der Waals surface area (Å²) in [5.41, 5.74) is 1.25. The number of hydrogen-bond donors (Lipinski definition) is 0. The van der Waals surface area contributed by atoms with Gasteiger partial charge in [-0.05, 0) is 6.07 Å². The van der Waals surface area contributed by atoms with Crippen LogP contribution in [-0.4, -0.2) is 19.7 Å². The summed E-state index contributed by atoms with van der Waals surface area (Å²) < 4.78 is 1.71. The van der Waals surface area contributed by atoms with Gasteiger partial charge >= 0.3 is 0 Å². The Bertz CT molecular complexity index is 565. The molecule has 0 aliphatic rings. The molecule has 0 aliphatic carbocycles. The van der Waals surface area contributed by atoms with Crippen molar-refractivity contribution in [2.45, 2.75) is 26.7 Å². The lowest BCUT2D eigenvalue weighted by atomic mass is 10.2. The molecule has 0 aliphatic heterocycles. The van der Waals surface area contributed by atoms with E-state index in [9.17, 15) is 0 Å². The Kier molecular flexibility index (Phi) is 3.15. The van der Waals surface area contributed by atoms with Gasteiger partial charge in [-0.3, -0.25) is 4.98 Å². The van der Waals surface area contributed by atoms with Gasteiger partial charge in [-0.2, -0.15) is 10.4 Å². The molecule has 5 nitrogen and oxygen atoms in total. The molecule has 0 spiro atoms. The summed E-state index contributed by atoms with van der Waals surface area (Å²) in [5.74, 6) is 1.64. The van der Waals surface area contributed by atoms with Crippen molar-refractivity contribution in [2.75, 3.05) is 0 Å². The molecule has 0 aromatic carbocycles. The molecule has 2 aromatic rings. The third kappa shape index (κ3) is 2.02. The molecule has 0 fully saturated rings. The SMILES string of the molecule is CCc1nc(CC)n(-c2cnccc2C#N)n1. The van der Waals surface area contributed by atoms with E-state index in [0.29, 0.717) is 11.3 Å². The van der Waals surface area contributed by atoms with E-state index >= 15 is 0 Å². The van der Waals surface area contributed by atoms with Crippen LogP contribution in [0.2, 0.25) is 0 Å². The van der Waals surface area contributed by atoms with Gasteiger partial charge in [0.25, 0.3) is 0 Å². The van der Waals surface area contributed by atoms with Crippen LogP contribution in [-0.2, 0) is 12.8 Å². The van der Waals surface area contributed by atoms with Gasteiger partial charge in [-0.25, -0.2) is 9.67 Å². The average molecular weight is 227 g/mol. The van der Waals surface area contributed by atoms with E-state index in [1.54, 1.807) is 23.1 Å². The first kappa shape index (κ1) is 11.3. The minimum Gasteiger partial charge on any atom is -0.262 e. The van der Waals surface area contributed by atoms with Crippen molar-refractivity contribution in [3.8, 4) is 11.8 Å². The summed E-state index contributed by atoms with van der Waals surface area (Å²) in [4.78, 5) is 8.45. The van der Waals surface area contributed by atoms with Gasteiger partial charge in [0.05, 0.1) is 11.8 Å². The van der Waals surface area contributed by atoms with Crippen molar-refractivity contribution >= 4 is 0 Å². The molecule has 2 aromatic heterocycles. The fourth-order valence-corrected chi connectivity index (χ4v) is 1.61. The zero-order valence-electron chi connectivity index (χ0n) is 9.88. The van der Waals surface area contributed by atoms with Crippen LogP contribution in [0.3, 0.4) is 0 Å². The zero-order chi connectivity index (χ0) is 12.3. The number of nitrogens with zero attached hydrogens (tertiary/aromatic N) is 5. The highest BCUT2D eigenvalue weighted by atomic mass is 15.4. The Labute approximate surface area is 99.8 Å². The highest BCUT2D eigenvalue weighted by Crippen LogP contribution is 2.14. The number of nitriles is 1. The highest BCUT2D eigenvalue weighted by Gasteiger charge is 2.12. The van der Waals surface area contributed by atoms with Crippen molar-refractivity contribution in [2.24, 2.45) is 0 Å². The fourth-order valence-electron chi connectivity index (χ4n) is 1.61. The molecule has 0 saturated carbocycles. The molecule has 17 heavy (non-hydrogen) atoms. The summed E-state index contributed by atoms with van der Waals surface area (Å²) in [6, 6.07) is 3.83. The fraction of sp³-hybridized carbons (Fsp3) is 0.333. The average Bonchev–Trinajstić information content (AvgIpc) is 2.81. The van der Waals surface area contributed by atoms with E-state index < -0.39 is 0 Å². The van der Waals surface area contributed by atoms with Crippen molar-refractivity contribution < 1.29 is 0 Å². The summed E-state index contributed by atoms with van der Waals surface area (Å²) in [6.07, 6.45) is 4.80. The van der Waals surface area contributed by atoms with Crippen LogP contribution in [0.1, 0.15) is 31.1 Å². The third-order valence-electron chi connectivity index (χ3n) is 2.50. The van der Waals surface area contributed by atoms with Crippen molar-refractivity contribution in [3.05, 3.63) is 35.7 Å². The van der Waals surface area contributed by atoms with Gasteiger partial charge in [-0.15, -0.1) is 0 Å². The first-order valence-electron chi connectivity index (χ1n) is 5.59. The molecule has 0 unspecified atom stereocenters. The van der Waals surface area contributed by atoms with E-state index in [1.165, 1.54) is 0 Å². The second-order valence-corrected chi connectivity index (χ2v) is 3.57. The Balaban J connectivity index is 2.60. The predicted octanol–water partition coefficient (Wildman–Crippen LogP) is 1.66. The van der Waals surface area contributed by atoms with Crippen LogP contribution in [0.15, 0.2) is 18.5 Å². The molecule has 0 radical (unpaired) electrons. The lowest BCUT2D eigenvalue weighted by Gasteiger charge is -2.04. The van der Waals surface area contributed by atoms with Crippen molar-refractivity contribution in [1.82, 2.24) is 19.7 Å². The standard InChI is InChI=1S/C12H13N5/c1-3-11-15-12(4-2)17(16-11)10-8-14-6-5-9(10)7-13/h5-6,8H,3-4H2,1-2H3. The molecule has 5 heteroatoms. The first-order valence-corrected chi connectivity index (χ1v) is 5.59. The Morgan fingerprint density at radius 1 is 1.35 bits per heavy atom. The minimum atomic E-state index is 0.558. The number of pyridine rings is 1. The molecule has 0 amide bonds. The summed E-state index contributed by atoms with van der Waals surface area (Å²) in [7, 11) is 0. The predicted molar refractivity (Wildman–Crippen MR) is 62.6 cm³/mol. The lowest BCUT2D eigenvalue weighted by Crippen LogP contribution is -2.05. The molecule has 2 heterocycles. The number of rotatable bonds is 3. The van der Waals surface area contributed by atoms with Gasteiger partial charge in [0.1, 0.15) is 17.6 Å². The second-order valence-electron chi connectivity index (χ2n) is 3.57. The number of hydrogen-bond acceptors (Lipinski definition) is 4. The summed E-state index contributed by atoms with van der Waals surface area (Å²) in [5, 5.41) is 13.5. The second kappa shape index (κ2) is 4.74. The summed E-state index contributed by atoms with van der Waals surface area (Å²) in [6.45, 7) is 4.02. The molecule has 0 saturated heterocycles. The van der Waals surface area contributed by atoms with E-state index in [0.717, 1.165) is 24.5 Å². The smallest absolute Gasteiger partial charge is 0.151 e. The molecule has 2 rings (SSSR count). The van der Waals surface area contributed by atoms with E-state index in [4.69, 9.17) is 5.26 Å².